The van der Waals surface area contributed by atoms with Crippen LogP contribution in [0.15, 0.2) is 0 Å². The molecule has 0 aliphatic carbocycles. The number of nitrogen functional groups attached to an aromatic ring is 1. The summed E-state index contributed by atoms with van der Waals surface area (Å²) in [6.07, 6.45) is 0. The SMILES string of the molecule is Nc1nc2n[nH]nc3nnc([nH]1)[n+]32. The summed E-state index contributed by atoms with van der Waals surface area (Å²) in [6.45, 7) is 0. The molecule has 0 amide bonds. The number of H-pyrrole nitrogens is 2. The lowest BCUT2D eigenvalue weighted by Gasteiger charge is -1.90. The Morgan fingerprint density at radius 2 is 2.00 bits per heavy atom. The van der Waals surface area contributed by atoms with Crippen LogP contribution in [0.2, 0.25) is 0 Å². The molecule has 3 aromatic heterocycles. The third kappa shape index (κ3) is 0.694. The molecule has 0 unspecified atom stereocenters. The van der Waals surface area contributed by atoms with Gasteiger partial charge in [-0.2, -0.15) is 0 Å². The minimum absolute atomic E-state index is 0.230. The average molecular weight is 178 g/mol. The van der Waals surface area contributed by atoms with Crippen LogP contribution in [0, 0.1) is 0 Å². The van der Waals surface area contributed by atoms with Crippen molar-refractivity contribution in [3.8, 4) is 0 Å². The van der Waals surface area contributed by atoms with Gasteiger partial charge in [-0.3, -0.25) is 4.98 Å². The molecule has 0 radical (unpaired) electrons. The first-order valence-electron chi connectivity index (χ1n) is 3.45. The summed E-state index contributed by atoms with van der Waals surface area (Å²) in [7, 11) is 0. The van der Waals surface area contributed by atoms with Crippen molar-refractivity contribution in [3.63, 3.8) is 0 Å². The van der Waals surface area contributed by atoms with Crippen LogP contribution in [0.4, 0.5) is 5.95 Å². The molecule has 0 aliphatic rings. The van der Waals surface area contributed by atoms with Crippen LogP contribution < -0.4 is 10.1 Å². The van der Waals surface area contributed by atoms with Crippen molar-refractivity contribution < 1.29 is 4.40 Å². The lowest BCUT2D eigenvalue weighted by atomic mass is 10.8. The molecule has 0 spiro atoms. The largest absolute Gasteiger partial charge is 0.377 e. The molecule has 3 heterocycles. The van der Waals surface area contributed by atoms with Crippen molar-refractivity contribution in [2.45, 2.75) is 0 Å². The van der Waals surface area contributed by atoms with E-state index in [0.29, 0.717) is 17.3 Å². The molecule has 0 fully saturated rings. The Balaban J connectivity index is 2.70. The number of rotatable bonds is 0. The number of aromatic nitrogens is 8. The fourth-order valence-corrected chi connectivity index (χ4v) is 1.10. The molecular formula is C4H4N9+. The van der Waals surface area contributed by atoms with Crippen molar-refractivity contribution in [2.24, 2.45) is 0 Å². The van der Waals surface area contributed by atoms with E-state index in [4.69, 9.17) is 5.73 Å². The van der Waals surface area contributed by atoms with Gasteiger partial charge in [0.2, 0.25) is 0 Å². The zero-order chi connectivity index (χ0) is 8.84. The van der Waals surface area contributed by atoms with Gasteiger partial charge >= 0.3 is 17.3 Å². The summed E-state index contributed by atoms with van der Waals surface area (Å²) in [5, 5.41) is 17.5. The van der Waals surface area contributed by atoms with E-state index in [0.717, 1.165) is 0 Å². The molecule has 9 nitrogen and oxygen atoms in total. The summed E-state index contributed by atoms with van der Waals surface area (Å²) < 4.78 is 1.55. The van der Waals surface area contributed by atoms with E-state index in [9.17, 15) is 0 Å². The van der Waals surface area contributed by atoms with Crippen molar-refractivity contribution in [1.29, 1.82) is 0 Å². The second-order valence-corrected chi connectivity index (χ2v) is 2.40. The first-order chi connectivity index (χ1) is 6.34. The molecule has 0 atom stereocenters. The van der Waals surface area contributed by atoms with Gasteiger partial charge in [0.15, 0.2) is 0 Å². The minimum Gasteiger partial charge on any atom is -0.358 e. The van der Waals surface area contributed by atoms with E-state index in [1.54, 1.807) is 4.40 Å². The van der Waals surface area contributed by atoms with Crippen LogP contribution in [0.5, 0.6) is 0 Å². The minimum atomic E-state index is 0.230. The maximum Gasteiger partial charge on any atom is 0.377 e. The third-order valence-electron chi connectivity index (χ3n) is 1.61. The number of nitrogens with zero attached hydrogens (tertiary/aromatic N) is 6. The molecule has 3 rings (SSSR count). The highest BCUT2D eigenvalue weighted by atomic mass is 15.5. The number of hydrogen-bond acceptors (Lipinski definition) is 6. The van der Waals surface area contributed by atoms with Gasteiger partial charge in [-0.1, -0.05) is 0 Å². The van der Waals surface area contributed by atoms with Crippen molar-refractivity contribution in [3.05, 3.63) is 0 Å². The summed E-state index contributed by atoms with van der Waals surface area (Å²) in [6, 6.07) is 0. The standard InChI is InChI=1S/C4H3N9/c5-1-6-2-8-9-4-11-12-10-3(7-1)13(2)4/h(H3,5,6,7,8,9,10,11,12)/p+1. The highest BCUT2D eigenvalue weighted by molar-refractivity contribution is 5.36. The predicted octanol–water partition coefficient (Wildman–Crippen LogP) is -2.21. The van der Waals surface area contributed by atoms with Gasteiger partial charge in [-0.25, -0.2) is 0 Å². The van der Waals surface area contributed by atoms with Crippen molar-refractivity contribution >= 4 is 23.3 Å². The van der Waals surface area contributed by atoms with E-state index in [1.807, 2.05) is 0 Å². The number of nitrogens with two attached hydrogens (primary N) is 1. The number of hydrogen-bond donors (Lipinski definition) is 3. The molecule has 0 aromatic carbocycles. The summed E-state index contributed by atoms with van der Waals surface area (Å²) >= 11 is 0. The van der Waals surface area contributed by atoms with Gasteiger partial charge < -0.3 is 5.73 Å². The zero-order valence-corrected chi connectivity index (χ0v) is 6.26. The van der Waals surface area contributed by atoms with E-state index in [-0.39, 0.29) is 5.95 Å². The zero-order valence-electron chi connectivity index (χ0n) is 6.26. The Morgan fingerprint density at radius 3 is 2.92 bits per heavy atom. The topological polar surface area (TPSA) is 126 Å². The van der Waals surface area contributed by atoms with Crippen LogP contribution in [-0.2, 0) is 0 Å². The summed E-state index contributed by atoms with van der Waals surface area (Å²) in [4.78, 5) is 6.65. The van der Waals surface area contributed by atoms with Gasteiger partial charge in [0.1, 0.15) is 0 Å². The third-order valence-corrected chi connectivity index (χ3v) is 1.61. The predicted molar refractivity (Wildman–Crippen MR) is 39.2 cm³/mol. The van der Waals surface area contributed by atoms with Crippen LogP contribution >= 0.6 is 0 Å². The van der Waals surface area contributed by atoms with Gasteiger partial charge in [-0.15, -0.1) is 14.6 Å². The molecule has 0 aliphatic heterocycles. The van der Waals surface area contributed by atoms with Gasteiger partial charge in [0.25, 0.3) is 5.95 Å². The number of anilines is 1. The Morgan fingerprint density at radius 1 is 1.15 bits per heavy atom. The summed E-state index contributed by atoms with van der Waals surface area (Å²) in [5.74, 6) is 1.46. The molecule has 0 saturated carbocycles. The van der Waals surface area contributed by atoms with E-state index in [1.165, 1.54) is 0 Å². The first-order valence-corrected chi connectivity index (χ1v) is 3.45. The molecule has 9 heteroatoms. The van der Waals surface area contributed by atoms with E-state index < -0.39 is 0 Å². The number of nitrogens with one attached hydrogen (secondary N) is 2. The van der Waals surface area contributed by atoms with Gasteiger partial charge in [0, 0.05) is 0 Å². The molecular weight excluding hydrogens is 174 g/mol. The van der Waals surface area contributed by atoms with E-state index >= 15 is 0 Å². The van der Waals surface area contributed by atoms with E-state index in [2.05, 4.69) is 35.6 Å². The second-order valence-electron chi connectivity index (χ2n) is 2.40. The molecule has 64 valence electrons. The fraction of sp³-hybridized carbons (Fsp3) is 0. The van der Waals surface area contributed by atoms with Crippen molar-refractivity contribution in [1.82, 2.24) is 35.6 Å². The molecule has 0 saturated heterocycles. The molecule has 0 bridgehead atoms. The highest BCUT2D eigenvalue weighted by Crippen LogP contribution is 1.95. The average Bonchev–Trinajstić information content (AvgIpc) is 2.50. The Bertz CT molecular complexity index is 575. The maximum absolute atomic E-state index is 5.47. The van der Waals surface area contributed by atoms with Crippen LogP contribution in [0.3, 0.4) is 0 Å². The second kappa shape index (κ2) is 1.88. The Hall–Kier alpha value is -2.32. The Kier molecular flexibility index (Phi) is 0.902. The molecule has 4 N–H and O–H groups in total. The smallest absolute Gasteiger partial charge is 0.358 e. The van der Waals surface area contributed by atoms with Crippen LogP contribution in [0.25, 0.3) is 17.3 Å². The highest BCUT2D eigenvalue weighted by Gasteiger charge is 2.16. The first kappa shape index (κ1) is 6.22. The van der Waals surface area contributed by atoms with Crippen molar-refractivity contribution in [2.75, 3.05) is 5.73 Å². The monoisotopic (exact) mass is 178 g/mol. The lowest BCUT2D eigenvalue weighted by Crippen LogP contribution is -2.28. The molecule has 13 heavy (non-hydrogen) atoms. The lowest BCUT2D eigenvalue weighted by molar-refractivity contribution is -0.466. The fourth-order valence-electron chi connectivity index (χ4n) is 1.10. The summed E-state index contributed by atoms with van der Waals surface area (Å²) in [5.41, 5.74) is 5.47. The van der Waals surface area contributed by atoms with Crippen LogP contribution in [0.1, 0.15) is 0 Å². The van der Waals surface area contributed by atoms with Gasteiger partial charge in [0.05, 0.1) is 0 Å². The Labute approximate surface area is 70.0 Å². The normalized spacial score (nSPS) is 11.4. The quantitative estimate of drug-likeness (QED) is 0.335. The van der Waals surface area contributed by atoms with Gasteiger partial charge in [-0.05, 0) is 20.4 Å². The molecule has 3 aromatic rings. The maximum atomic E-state index is 5.47. The number of aromatic amines is 2. The van der Waals surface area contributed by atoms with Crippen LogP contribution in [-0.4, -0.2) is 35.6 Å².